The lowest BCUT2D eigenvalue weighted by Gasteiger charge is -2.36. The Bertz CT molecular complexity index is 2190. The Hall–Kier alpha value is -5.92. The molecule has 0 spiro atoms. The van der Waals surface area contributed by atoms with Gasteiger partial charge in [-0.15, -0.1) is 6.58 Å². The first-order valence-corrected chi connectivity index (χ1v) is 20.3. The Morgan fingerprint density at radius 2 is 1.53 bits per heavy atom. The van der Waals surface area contributed by atoms with Gasteiger partial charge in [0.1, 0.15) is 23.7 Å². The minimum Gasteiger partial charge on any atom is -0.453 e. The molecule has 7 rings (SSSR count). The van der Waals surface area contributed by atoms with E-state index in [2.05, 4.69) is 63.6 Å². The number of imidazole rings is 2. The highest BCUT2D eigenvalue weighted by Gasteiger charge is 2.51. The van der Waals surface area contributed by atoms with Crippen LogP contribution in [0.4, 0.5) is 9.59 Å². The number of H-pyrrole nitrogens is 2. The molecule has 4 N–H and O–H groups in total. The second kappa shape index (κ2) is 16.9. The predicted octanol–water partition coefficient (Wildman–Crippen LogP) is 6.88. The van der Waals surface area contributed by atoms with Crippen LogP contribution in [0.1, 0.15) is 88.2 Å². The fourth-order valence-corrected chi connectivity index (χ4v) is 9.05. The van der Waals surface area contributed by atoms with Crippen molar-refractivity contribution in [1.82, 2.24) is 40.4 Å². The van der Waals surface area contributed by atoms with Gasteiger partial charge in [-0.1, -0.05) is 51.1 Å². The number of carbonyl (C=O) groups excluding carboxylic acids is 4. The number of nitrogens with one attached hydrogen (secondary N) is 4. The third-order valence-corrected chi connectivity index (χ3v) is 12.1. The summed E-state index contributed by atoms with van der Waals surface area (Å²) in [6.07, 6.45) is 9.16. The summed E-state index contributed by atoms with van der Waals surface area (Å²) in [5.74, 6) is 1.20. The number of piperidine rings is 1. The van der Waals surface area contributed by atoms with E-state index in [0.29, 0.717) is 12.4 Å². The molecular weight excluding hydrogens is 737 g/mol. The molecule has 0 unspecified atom stereocenters. The van der Waals surface area contributed by atoms with E-state index < -0.39 is 24.3 Å². The van der Waals surface area contributed by atoms with Crippen LogP contribution >= 0.6 is 0 Å². The summed E-state index contributed by atoms with van der Waals surface area (Å²) in [7, 11) is 2.56. The highest BCUT2D eigenvalue weighted by Crippen LogP contribution is 2.50. The minimum atomic E-state index is -0.885. The van der Waals surface area contributed by atoms with Crippen molar-refractivity contribution in [1.29, 1.82) is 0 Å². The first-order chi connectivity index (χ1) is 28.0. The van der Waals surface area contributed by atoms with Crippen molar-refractivity contribution in [2.24, 2.45) is 11.8 Å². The van der Waals surface area contributed by atoms with E-state index in [1.54, 1.807) is 4.90 Å². The maximum atomic E-state index is 13.7. The van der Waals surface area contributed by atoms with Crippen molar-refractivity contribution >= 4 is 24.0 Å². The number of carbonyl (C=O) groups is 4. The third kappa shape index (κ3) is 7.71. The molecule has 58 heavy (non-hydrogen) atoms. The highest BCUT2D eigenvalue weighted by atomic mass is 16.5. The highest BCUT2D eigenvalue weighted by molar-refractivity contribution is 5.88. The number of methoxy groups -OCH3 is 2. The molecule has 3 heterocycles. The van der Waals surface area contributed by atoms with E-state index in [9.17, 15) is 19.2 Å². The molecule has 14 heteroatoms. The summed E-state index contributed by atoms with van der Waals surface area (Å²) in [6, 6.07) is 11.0. The molecule has 2 aliphatic carbocycles. The molecule has 3 aliphatic rings. The van der Waals surface area contributed by atoms with Crippen LogP contribution in [0.5, 0.6) is 0 Å². The first kappa shape index (κ1) is 40.3. The molecule has 4 aromatic rings. The average Bonchev–Trinajstić information content (AvgIpc) is 4.08. The second-order valence-electron chi connectivity index (χ2n) is 15.9. The number of likely N-dealkylation sites (tertiary alicyclic amines) is 1. The molecule has 14 nitrogen and oxygen atoms in total. The van der Waals surface area contributed by atoms with Crippen LogP contribution in [-0.2, 0) is 31.9 Å². The smallest absolute Gasteiger partial charge is 0.407 e. The van der Waals surface area contributed by atoms with Gasteiger partial charge in [0.05, 0.1) is 50.1 Å². The number of benzene rings is 2. The number of fused-ring (bicyclic) bond motifs is 5. The van der Waals surface area contributed by atoms with Crippen molar-refractivity contribution in [2.75, 3.05) is 20.8 Å². The van der Waals surface area contributed by atoms with Crippen molar-refractivity contribution in [3.05, 3.63) is 84.2 Å². The van der Waals surface area contributed by atoms with Gasteiger partial charge < -0.3 is 39.9 Å². The number of alkyl carbamates (subject to hydrolysis) is 2. The largest absolute Gasteiger partial charge is 0.453 e. The van der Waals surface area contributed by atoms with Gasteiger partial charge in [-0.05, 0) is 103 Å². The summed E-state index contributed by atoms with van der Waals surface area (Å²) in [5, 5.41) is 5.31. The van der Waals surface area contributed by atoms with Crippen molar-refractivity contribution in [3.8, 4) is 33.6 Å². The second-order valence-corrected chi connectivity index (χ2v) is 15.9. The Morgan fingerprint density at radius 1 is 0.914 bits per heavy atom. The molecule has 1 saturated carbocycles. The van der Waals surface area contributed by atoms with Crippen LogP contribution in [0, 0.1) is 11.8 Å². The fraction of sp³-hybridized carbons (Fsp3) is 0.455. The maximum Gasteiger partial charge on any atom is 0.407 e. The van der Waals surface area contributed by atoms with E-state index in [1.807, 2.05) is 45.0 Å². The maximum absolute atomic E-state index is 13.7. The minimum absolute atomic E-state index is 0.0915. The number of rotatable bonds is 13. The molecule has 1 aliphatic heterocycles. The van der Waals surface area contributed by atoms with Gasteiger partial charge in [0.2, 0.25) is 11.8 Å². The van der Waals surface area contributed by atoms with Crippen LogP contribution in [0.2, 0.25) is 0 Å². The van der Waals surface area contributed by atoms with Gasteiger partial charge in [-0.3, -0.25) is 9.59 Å². The van der Waals surface area contributed by atoms with Crippen LogP contribution in [0.3, 0.4) is 0 Å². The summed E-state index contributed by atoms with van der Waals surface area (Å²) in [6.45, 7) is 12.1. The average molecular weight is 791 g/mol. The van der Waals surface area contributed by atoms with E-state index in [0.717, 1.165) is 66.9 Å². The van der Waals surface area contributed by atoms with Gasteiger partial charge in [-0.2, -0.15) is 0 Å². The van der Waals surface area contributed by atoms with Crippen molar-refractivity contribution < 1.29 is 28.7 Å². The lowest BCUT2D eigenvalue weighted by molar-refractivity contribution is -0.137. The quantitative estimate of drug-likeness (QED) is 0.106. The number of nitrogens with zero attached hydrogens (tertiary/aromatic N) is 4. The molecule has 2 aromatic carbocycles. The Morgan fingerprint density at radius 3 is 2.14 bits per heavy atom. The van der Waals surface area contributed by atoms with Crippen LogP contribution in [0.25, 0.3) is 33.6 Å². The molecule has 2 fully saturated rings. The lowest BCUT2D eigenvalue weighted by atomic mass is 9.83. The number of ether oxygens (including phenoxy) is 2. The zero-order valence-corrected chi connectivity index (χ0v) is 34.1. The fourth-order valence-electron chi connectivity index (χ4n) is 9.05. The number of aryl methyl sites for hydroxylation is 2. The van der Waals surface area contributed by atoms with Crippen LogP contribution in [0.15, 0.2) is 61.4 Å². The Labute approximate surface area is 339 Å². The van der Waals surface area contributed by atoms with Crippen LogP contribution in [-0.4, -0.2) is 92.6 Å². The lowest BCUT2D eigenvalue weighted by Crippen LogP contribution is -2.52. The summed E-state index contributed by atoms with van der Waals surface area (Å²) < 4.78 is 9.53. The van der Waals surface area contributed by atoms with Crippen molar-refractivity contribution in [3.63, 3.8) is 0 Å². The number of hydrogen-bond acceptors (Lipinski definition) is 8. The topological polar surface area (TPSA) is 175 Å². The molecule has 1 saturated heterocycles. The molecule has 306 valence electrons. The normalized spacial score (nSPS) is 19.4. The molecule has 2 bridgehead atoms. The molecule has 2 aromatic heterocycles. The molecule has 4 amide bonds. The number of hydrogen-bond donors (Lipinski definition) is 4. The first-order valence-electron chi connectivity index (χ1n) is 20.3. The van der Waals surface area contributed by atoms with Gasteiger partial charge in [0, 0.05) is 12.6 Å². The van der Waals surface area contributed by atoms with Gasteiger partial charge in [0.15, 0.2) is 0 Å². The Balaban J connectivity index is 1.07. The summed E-state index contributed by atoms with van der Waals surface area (Å²) in [5.41, 5.74) is 8.72. The van der Waals surface area contributed by atoms with Gasteiger partial charge >= 0.3 is 12.2 Å². The molecule has 0 radical (unpaired) electrons. The number of aromatic nitrogens is 4. The number of aromatic amines is 2. The van der Waals surface area contributed by atoms with Gasteiger partial charge in [-0.25, -0.2) is 19.6 Å². The zero-order valence-electron chi connectivity index (χ0n) is 34.1. The molecule has 6 atom stereocenters. The van der Waals surface area contributed by atoms with E-state index in [4.69, 9.17) is 19.4 Å². The van der Waals surface area contributed by atoms with E-state index in [-0.39, 0.29) is 41.8 Å². The summed E-state index contributed by atoms with van der Waals surface area (Å²) >= 11 is 0. The molecular formula is C44H54N8O6. The third-order valence-electron chi connectivity index (χ3n) is 12.1. The number of amides is 4. The summed E-state index contributed by atoms with van der Waals surface area (Å²) in [4.78, 5) is 71.7. The predicted molar refractivity (Wildman–Crippen MR) is 219 cm³/mol. The van der Waals surface area contributed by atoms with E-state index in [1.165, 1.54) is 42.5 Å². The van der Waals surface area contributed by atoms with Crippen LogP contribution < -0.4 is 10.6 Å². The van der Waals surface area contributed by atoms with E-state index >= 15 is 0 Å². The van der Waals surface area contributed by atoms with Gasteiger partial charge in [0.25, 0.3) is 0 Å². The van der Waals surface area contributed by atoms with Crippen molar-refractivity contribution in [2.45, 2.75) is 96.4 Å². The Kier molecular flexibility index (Phi) is 11.7. The monoisotopic (exact) mass is 790 g/mol. The zero-order chi connectivity index (χ0) is 41.2. The SMILES string of the molecule is C=C[C@H](NC(=O)OC)C(=O)N1[C@@H]2CC[C@@H](C2)[C@H]1c1ncc(-c2ccc3c(c2)CCc2cc(-c4cnc([C@H](C)N(CCC)C(=O)[C@@H](NC(=O)OC)C(C)C)[nH]4)ccc2-3)[nH]1. The standard InChI is InChI=1S/C44H54N8O6/c1-8-18-51(42(54)37(24(3)4)50-44(56)58-7)25(5)39-45-22-35(47-39)28-13-16-32-26(19-28)10-11-27-20-29(14-17-33(27)32)36-23-46-40(48-36)38-30-12-15-31(21-30)52(38)41(53)34(9-2)49-43(55)57-6/h9,13-14,16-17,19-20,22-25,30-31,34,37-38H,2,8,10-12,15,18,21H2,1,3-7H3,(H,45,47)(H,46,48)(H,49,55)(H,50,56)/t25-,30-,31+,34-,37-,38-/m0/s1.